The lowest BCUT2D eigenvalue weighted by molar-refractivity contribution is 0.0303. The predicted octanol–water partition coefficient (Wildman–Crippen LogP) is 2.01. The van der Waals surface area contributed by atoms with Crippen molar-refractivity contribution in [1.82, 2.24) is 9.80 Å². The summed E-state index contributed by atoms with van der Waals surface area (Å²) in [5.74, 6) is 6.17. The van der Waals surface area contributed by atoms with Crippen molar-refractivity contribution in [2.75, 3.05) is 57.2 Å². The summed E-state index contributed by atoms with van der Waals surface area (Å²) in [7, 11) is 2.09. The maximum atomic E-state index is 12.6. The molecule has 1 amide bonds. The van der Waals surface area contributed by atoms with E-state index in [2.05, 4.69) is 18.0 Å². The number of amides is 1. The highest BCUT2D eigenvalue weighted by molar-refractivity contribution is 6.13. The normalized spacial score (nSPS) is 17.1. The molecule has 0 aliphatic carbocycles. The molecule has 2 aromatic rings. The fourth-order valence-corrected chi connectivity index (χ4v) is 4.17. The number of benzene rings is 2. The first kappa shape index (κ1) is 24.5. The van der Waals surface area contributed by atoms with Gasteiger partial charge >= 0.3 is 0 Å². The van der Waals surface area contributed by atoms with E-state index >= 15 is 0 Å². The van der Waals surface area contributed by atoms with Crippen LogP contribution in [-0.2, 0) is 4.74 Å². The average molecular weight is 476 g/mol. The second kappa shape index (κ2) is 10.7. The zero-order valence-corrected chi connectivity index (χ0v) is 20.0. The summed E-state index contributed by atoms with van der Waals surface area (Å²) in [4.78, 5) is 16.7. The van der Waals surface area contributed by atoms with Crippen molar-refractivity contribution in [3.63, 3.8) is 0 Å². The predicted molar refractivity (Wildman–Crippen MR) is 140 cm³/mol. The highest BCUT2D eigenvalue weighted by Crippen LogP contribution is 2.26. The van der Waals surface area contributed by atoms with Crippen molar-refractivity contribution in [2.45, 2.75) is 6.42 Å². The first-order chi connectivity index (χ1) is 16.8. The molecule has 9 nitrogen and oxygen atoms in total. The third-order valence-electron chi connectivity index (χ3n) is 6.38. The summed E-state index contributed by atoms with van der Waals surface area (Å²) in [6.07, 6.45) is 4.64. The van der Waals surface area contributed by atoms with Gasteiger partial charge in [-0.1, -0.05) is 12.1 Å². The van der Waals surface area contributed by atoms with E-state index in [0.717, 1.165) is 25.1 Å². The monoisotopic (exact) mass is 475 g/mol. The van der Waals surface area contributed by atoms with Crippen LogP contribution in [-0.4, -0.2) is 67.9 Å². The minimum absolute atomic E-state index is 0.0321. The van der Waals surface area contributed by atoms with Crippen LogP contribution >= 0.6 is 0 Å². The van der Waals surface area contributed by atoms with E-state index in [1.54, 1.807) is 29.2 Å². The number of hydrazine groups is 1. The van der Waals surface area contributed by atoms with Gasteiger partial charge in [-0.25, -0.2) is 5.84 Å². The minimum Gasteiger partial charge on any atom is -0.398 e. The summed E-state index contributed by atoms with van der Waals surface area (Å²) in [6, 6.07) is 12.7. The van der Waals surface area contributed by atoms with Gasteiger partial charge < -0.3 is 26.0 Å². The molecule has 0 spiro atoms. The zero-order valence-electron chi connectivity index (χ0n) is 20.0. The summed E-state index contributed by atoms with van der Waals surface area (Å²) in [6.45, 7) is 4.17. The van der Waals surface area contributed by atoms with E-state index in [-0.39, 0.29) is 17.3 Å². The molecule has 0 bridgehead atoms. The molecule has 1 fully saturated rings. The van der Waals surface area contributed by atoms with Gasteiger partial charge in [0.15, 0.2) is 0 Å². The number of morpholine rings is 1. The lowest BCUT2D eigenvalue weighted by Gasteiger charge is -2.27. The maximum absolute atomic E-state index is 12.6. The van der Waals surface area contributed by atoms with Crippen LogP contribution in [0.2, 0.25) is 0 Å². The number of likely N-dealkylation sites (N-methyl/N-ethyl adjacent to an activating group) is 1. The Morgan fingerprint density at radius 2 is 1.83 bits per heavy atom. The van der Waals surface area contributed by atoms with Crippen LogP contribution in [0, 0.1) is 5.41 Å². The quantitative estimate of drug-likeness (QED) is 0.217. The largest absolute Gasteiger partial charge is 0.398 e. The molecule has 0 aromatic heterocycles. The molecule has 35 heavy (non-hydrogen) atoms. The van der Waals surface area contributed by atoms with Gasteiger partial charge in [-0.15, -0.1) is 0 Å². The number of carbonyl (C=O) groups is 1. The number of nitrogens with two attached hydrogens (primary N) is 3. The molecule has 2 aromatic carbocycles. The standard InChI is InChI=1S/C26H33N7O2/c1-31-10-8-18(9-11-31)20-4-7-23(27)22(16-20)25(29)24(28)17-33(30)21-5-2-19(3-6-21)26(34)32-12-14-35-15-13-32/h2-8,16-17,29H,9-15,27-28,30H2,1H3/b24-17-,29-25?. The number of hydrogen-bond donors (Lipinski definition) is 4. The Hall–Kier alpha value is -3.66. The fourth-order valence-electron chi connectivity index (χ4n) is 4.17. The number of nitrogen functional groups attached to an aromatic ring is 1. The molecule has 0 radical (unpaired) electrons. The SMILES string of the molecule is CN1CC=C(c2ccc(N)c(C(=N)/C(N)=C/N(N)c3ccc(C(=O)N4CCOCC4)cc3)c2)CC1. The first-order valence-corrected chi connectivity index (χ1v) is 11.7. The Morgan fingerprint density at radius 3 is 2.49 bits per heavy atom. The van der Waals surface area contributed by atoms with E-state index in [1.807, 2.05) is 18.2 Å². The van der Waals surface area contributed by atoms with Crippen LogP contribution in [0.1, 0.15) is 27.9 Å². The molecule has 0 unspecified atom stereocenters. The highest BCUT2D eigenvalue weighted by Gasteiger charge is 2.19. The lowest BCUT2D eigenvalue weighted by atomic mass is 9.95. The van der Waals surface area contributed by atoms with Gasteiger partial charge in [-0.2, -0.15) is 0 Å². The highest BCUT2D eigenvalue weighted by atomic mass is 16.5. The van der Waals surface area contributed by atoms with Gasteiger partial charge in [-0.05, 0) is 61.0 Å². The Balaban J connectivity index is 1.47. The molecule has 4 rings (SSSR count). The van der Waals surface area contributed by atoms with E-state index < -0.39 is 0 Å². The van der Waals surface area contributed by atoms with Gasteiger partial charge in [0, 0.05) is 49.2 Å². The third-order valence-corrected chi connectivity index (χ3v) is 6.38. The summed E-state index contributed by atoms with van der Waals surface area (Å²) < 4.78 is 5.31. The summed E-state index contributed by atoms with van der Waals surface area (Å²) >= 11 is 0. The smallest absolute Gasteiger partial charge is 0.254 e. The summed E-state index contributed by atoms with van der Waals surface area (Å²) in [5, 5.41) is 9.97. The Labute approximate surface area is 205 Å². The lowest BCUT2D eigenvalue weighted by Crippen LogP contribution is -2.40. The average Bonchev–Trinajstić information content (AvgIpc) is 2.89. The van der Waals surface area contributed by atoms with Gasteiger partial charge in [0.2, 0.25) is 0 Å². The third kappa shape index (κ3) is 5.71. The van der Waals surface area contributed by atoms with E-state index in [0.29, 0.717) is 48.8 Å². The van der Waals surface area contributed by atoms with Crippen molar-refractivity contribution in [3.05, 3.63) is 77.1 Å². The molecule has 0 saturated carbocycles. The van der Waals surface area contributed by atoms with Crippen molar-refractivity contribution < 1.29 is 9.53 Å². The van der Waals surface area contributed by atoms with E-state index in [1.165, 1.54) is 16.8 Å². The molecule has 1 saturated heterocycles. The number of carbonyl (C=O) groups excluding carboxylic acids is 1. The number of ether oxygens (including phenoxy) is 1. The number of anilines is 2. The van der Waals surface area contributed by atoms with Crippen molar-refractivity contribution in [1.29, 1.82) is 5.41 Å². The summed E-state index contributed by atoms with van der Waals surface area (Å²) in [5.41, 5.74) is 17.3. The topological polar surface area (TPSA) is 138 Å². The van der Waals surface area contributed by atoms with Gasteiger partial charge in [0.1, 0.15) is 0 Å². The van der Waals surface area contributed by atoms with Crippen LogP contribution in [0.3, 0.4) is 0 Å². The van der Waals surface area contributed by atoms with Gasteiger partial charge in [-0.3, -0.25) is 15.2 Å². The number of rotatable bonds is 6. The number of allylic oxidation sites excluding steroid dienone is 1. The zero-order chi connectivity index (χ0) is 24.9. The van der Waals surface area contributed by atoms with Crippen LogP contribution in [0.4, 0.5) is 11.4 Å². The molecule has 2 aliphatic rings. The van der Waals surface area contributed by atoms with E-state index in [9.17, 15) is 4.79 Å². The van der Waals surface area contributed by atoms with Crippen molar-refractivity contribution in [3.8, 4) is 0 Å². The molecular weight excluding hydrogens is 442 g/mol. The number of nitrogens with zero attached hydrogens (tertiary/aromatic N) is 3. The Morgan fingerprint density at radius 1 is 1.11 bits per heavy atom. The van der Waals surface area contributed by atoms with Crippen molar-refractivity contribution in [2.24, 2.45) is 11.6 Å². The number of hydrogen-bond acceptors (Lipinski definition) is 8. The minimum atomic E-state index is -0.0321. The Kier molecular flexibility index (Phi) is 7.50. The molecule has 7 N–H and O–H groups in total. The van der Waals surface area contributed by atoms with E-state index in [4.69, 9.17) is 27.5 Å². The van der Waals surface area contributed by atoms with Crippen LogP contribution in [0.5, 0.6) is 0 Å². The molecular formula is C26H33N7O2. The molecule has 0 atom stereocenters. The maximum Gasteiger partial charge on any atom is 0.254 e. The Bertz CT molecular complexity index is 1150. The fraction of sp³-hybridized carbons (Fsp3) is 0.308. The van der Waals surface area contributed by atoms with Crippen LogP contribution in [0.25, 0.3) is 5.57 Å². The number of nitrogens with one attached hydrogen (secondary N) is 1. The second-order valence-electron chi connectivity index (χ2n) is 8.86. The molecule has 2 heterocycles. The van der Waals surface area contributed by atoms with Crippen LogP contribution in [0.15, 0.2) is 60.4 Å². The molecule has 9 heteroatoms. The molecule has 2 aliphatic heterocycles. The van der Waals surface area contributed by atoms with Gasteiger partial charge in [0.25, 0.3) is 5.91 Å². The van der Waals surface area contributed by atoms with Gasteiger partial charge in [0.05, 0.1) is 30.3 Å². The first-order valence-electron chi connectivity index (χ1n) is 11.7. The van der Waals surface area contributed by atoms with Crippen LogP contribution < -0.4 is 22.3 Å². The molecule has 184 valence electrons. The second-order valence-corrected chi connectivity index (χ2v) is 8.86. The van der Waals surface area contributed by atoms with Crippen molar-refractivity contribution >= 4 is 28.6 Å².